The van der Waals surface area contributed by atoms with Crippen molar-refractivity contribution in [2.24, 2.45) is 0 Å². The minimum absolute atomic E-state index is 0.0403. The van der Waals surface area contributed by atoms with Crippen molar-refractivity contribution in [3.8, 4) is 23.3 Å². The normalized spacial score (nSPS) is 12.8. The summed E-state index contributed by atoms with van der Waals surface area (Å²) in [5.74, 6) is -1.06. The Bertz CT molecular complexity index is 1030. The summed E-state index contributed by atoms with van der Waals surface area (Å²) in [6.07, 6.45) is 0.232. The van der Waals surface area contributed by atoms with E-state index in [4.69, 9.17) is 18.9 Å². The molecule has 1 amide bonds. The van der Waals surface area contributed by atoms with Crippen LogP contribution >= 0.6 is 0 Å². The third-order valence-electron chi connectivity index (χ3n) is 4.66. The molecule has 31 heavy (non-hydrogen) atoms. The first kappa shape index (κ1) is 21.9. The second-order valence-corrected chi connectivity index (χ2v) is 6.76. The number of hydrogen-bond donors (Lipinski definition) is 0. The van der Waals surface area contributed by atoms with E-state index in [1.807, 2.05) is 6.07 Å². The molecule has 0 spiro atoms. The van der Waals surface area contributed by atoms with E-state index >= 15 is 0 Å². The molecule has 1 heterocycles. The monoisotopic (exact) mass is 428 g/mol. The molecule has 0 saturated carbocycles. The maximum Gasteiger partial charge on any atom is 0.409 e. The molecule has 8 nitrogen and oxygen atoms in total. The topological polar surface area (TPSA) is 98.1 Å². The number of benzene rings is 2. The second kappa shape index (κ2) is 9.80. The summed E-state index contributed by atoms with van der Waals surface area (Å²) >= 11 is 0. The Kier molecular flexibility index (Phi) is 6.92. The number of carbonyl (C=O) groups is 2. The fourth-order valence-electron chi connectivity index (χ4n) is 3.04. The molecule has 0 aromatic heterocycles. The van der Waals surface area contributed by atoms with Gasteiger partial charge in [-0.25, -0.2) is 14.0 Å². The van der Waals surface area contributed by atoms with Crippen LogP contribution in [0.3, 0.4) is 0 Å². The van der Waals surface area contributed by atoms with E-state index in [0.29, 0.717) is 44.0 Å². The number of halogens is 1. The summed E-state index contributed by atoms with van der Waals surface area (Å²) in [5, 5.41) is 9.34. The van der Waals surface area contributed by atoms with Gasteiger partial charge in [-0.15, -0.1) is 0 Å². The van der Waals surface area contributed by atoms with Crippen molar-refractivity contribution in [3.05, 3.63) is 52.8 Å². The molecule has 2 aromatic carbocycles. The number of amides is 1. The van der Waals surface area contributed by atoms with Crippen molar-refractivity contribution in [1.29, 1.82) is 5.26 Å². The van der Waals surface area contributed by atoms with E-state index in [1.54, 1.807) is 11.8 Å². The Morgan fingerprint density at radius 3 is 2.74 bits per heavy atom. The summed E-state index contributed by atoms with van der Waals surface area (Å²) in [7, 11) is 1.25. The van der Waals surface area contributed by atoms with Gasteiger partial charge >= 0.3 is 12.1 Å². The first-order valence-corrected chi connectivity index (χ1v) is 9.58. The molecule has 0 aliphatic carbocycles. The number of cyclic esters (lactones) is 1. The van der Waals surface area contributed by atoms with Gasteiger partial charge in [0.2, 0.25) is 0 Å². The van der Waals surface area contributed by atoms with Crippen LogP contribution in [0.4, 0.5) is 9.18 Å². The molecule has 1 aliphatic rings. The lowest BCUT2D eigenvalue weighted by molar-refractivity contribution is 0.0599. The second-order valence-electron chi connectivity index (χ2n) is 6.76. The quantitative estimate of drug-likeness (QED) is 0.466. The summed E-state index contributed by atoms with van der Waals surface area (Å²) in [4.78, 5) is 24.8. The van der Waals surface area contributed by atoms with Gasteiger partial charge in [0, 0.05) is 12.6 Å². The molecule has 0 N–H and O–H groups in total. The number of esters is 1. The largest absolute Gasteiger partial charge is 0.493 e. The molecular weight excluding hydrogens is 407 g/mol. The van der Waals surface area contributed by atoms with Crippen LogP contribution in [-0.2, 0) is 9.47 Å². The molecule has 0 radical (unpaired) electrons. The molecule has 9 heteroatoms. The molecule has 2 aromatic rings. The van der Waals surface area contributed by atoms with Crippen molar-refractivity contribution in [3.63, 3.8) is 0 Å². The van der Waals surface area contributed by atoms with Crippen molar-refractivity contribution < 1.29 is 32.9 Å². The maximum atomic E-state index is 14.5. The molecule has 1 saturated heterocycles. The highest BCUT2D eigenvalue weighted by atomic mass is 19.1. The Balaban J connectivity index is 1.65. The lowest BCUT2D eigenvalue weighted by atomic mass is 10.0. The number of aryl methyl sites for hydroxylation is 1. The van der Waals surface area contributed by atoms with Gasteiger partial charge in [-0.3, -0.25) is 0 Å². The third kappa shape index (κ3) is 5.22. The van der Waals surface area contributed by atoms with Gasteiger partial charge in [-0.2, -0.15) is 5.26 Å². The third-order valence-corrected chi connectivity index (χ3v) is 4.66. The summed E-state index contributed by atoms with van der Waals surface area (Å²) in [6, 6.07) is 8.88. The van der Waals surface area contributed by atoms with Gasteiger partial charge in [-0.05, 0) is 43.2 Å². The van der Waals surface area contributed by atoms with Gasteiger partial charge in [0.25, 0.3) is 0 Å². The fourth-order valence-corrected chi connectivity index (χ4v) is 3.04. The van der Waals surface area contributed by atoms with Crippen LogP contribution in [0.5, 0.6) is 17.2 Å². The van der Waals surface area contributed by atoms with Gasteiger partial charge < -0.3 is 23.8 Å². The lowest BCUT2D eigenvalue weighted by Gasteiger charge is -2.14. The van der Waals surface area contributed by atoms with Crippen LogP contribution in [0.25, 0.3) is 0 Å². The number of hydrogen-bond acceptors (Lipinski definition) is 7. The predicted molar refractivity (Wildman–Crippen MR) is 107 cm³/mol. The molecular formula is C22H21FN2O6. The zero-order valence-electron chi connectivity index (χ0n) is 17.1. The van der Waals surface area contributed by atoms with Crippen LogP contribution in [0.2, 0.25) is 0 Å². The Morgan fingerprint density at radius 1 is 1.29 bits per heavy atom. The minimum Gasteiger partial charge on any atom is -0.493 e. The Labute approximate surface area is 178 Å². The number of ether oxygens (including phenoxy) is 4. The van der Waals surface area contributed by atoms with Crippen LogP contribution < -0.4 is 9.47 Å². The number of nitrogens with zero attached hydrogens (tertiary/aromatic N) is 2. The van der Waals surface area contributed by atoms with Gasteiger partial charge in [0.1, 0.15) is 24.2 Å². The average molecular weight is 428 g/mol. The van der Waals surface area contributed by atoms with Crippen molar-refractivity contribution >= 4 is 12.1 Å². The summed E-state index contributed by atoms with van der Waals surface area (Å²) < 4.78 is 35.2. The minimum atomic E-state index is -0.690. The van der Waals surface area contributed by atoms with E-state index in [0.717, 1.165) is 0 Å². The predicted octanol–water partition coefficient (Wildman–Crippen LogP) is 3.81. The maximum absolute atomic E-state index is 14.5. The van der Waals surface area contributed by atoms with E-state index in [1.165, 1.54) is 37.4 Å². The summed E-state index contributed by atoms with van der Waals surface area (Å²) in [6.45, 7) is 3.40. The fraction of sp³-hybridized carbons (Fsp3) is 0.318. The Hall–Kier alpha value is -3.80. The highest BCUT2D eigenvalue weighted by molar-refractivity contribution is 5.91. The first-order chi connectivity index (χ1) is 14.9. The van der Waals surface area contributed by atoms with E-state index in [9.17, 15) is 19.2 Å². The van der Waals surface area contributed by atoms with Crippen molar-refractivity contribution in [2.45, 2.75) is 13.3 Å². The average Bonchev–Trinajstić information content (AvgIpc) is 3.17. The molecule has 0 unspecified atom stereocenters. The molecule has 0 atom stereocenters. The number of rotatable bonds is 8. The standard InChI is InChI=1S/C22H21FN2O6/c1-14-10-15(13-24)20(12-17(14)21(26)28-2)31-19-5-4-16(11-18(19)23)29-8-3-6-25-7-9-30-22(25)27/h4-5,10-12H,3,6-9H2,1-2H3. The number of methoxy groups -OCH3 is 1. The van der Waals surface area contributed by atoms with E-state index in [-0.39, 0.29) is 28.7 Å². The zero-order chi connectivity index (χ0) is 22.4. The van der Waals surface area contributed by atoms with Gasteiger partial charge in [0.15, 0.2) is 11.6 Å². The number of carbonyl (C=O) groups excluding carboxylic acids is 2. The van der Waals surface area contributed by atoms with Crippen molar-refractivity contribution in [1.82, 2.24) is 4.90 Å². The van der Waals surface area contributed by atoms with E-state index in [2.05, 4.69) is 0 Å². The molecule has 1 aliphatic heterocycles. The smallest absolute Gasteiger partial charge is 0.409 e. The lowest BCUT2D eigenvalue weighted by Crippen LogP contribution is -2.26. The molecule has 162 valence electrons. The van der Waals surface area contributed by atoms with Crippen molar-refractivity contribution in [2.75, 3.05) is 33.4 Å². The Morgan fingerprint density at radius 2 is 2.10 bits per heavy atom. The van der Waals surface area contributed by atoms with Gasteiger partial charge in [-0.1, -0.05) is 0 Å². The molecule has 3 rings (SSSR count). The summed E-state index contributed by atoms with van der Waals surface area (Å²) in [5.41, 5.74) is 0.922. The molecule has 1 fully saturated rings. The zero-order valence-corrected chi connectivity index (χ0v) is 17.1. The van der Waals surface area contributed by atoms with E-state index < -0.39 is 11.8 Å². The first-order valence-electron chi connectivity index (χ1n) is 9.58. The van der Waals surface area contributed by atoms with Crippen LogP contribution in [-0.4, -0.2) is 50.4 Å². The SMILES string of the molecule is COC(=O)c1cc(Oc2ccc(OCCCN3CCOC3=O)cc2F)c(C#N)cc1C. The van der Waals surface area contributed by atoms with Crippen LogP contribution in [0, 0.1) is 24.1 Å². The molecule has 0 bridgehead atoms. The van der Waals surface area contributed by atoms with Gasteiger partial charge in [0.05, 0.1) is 31.4 Å². The van der Waals surface area contributed by atoms with Crippen LogP contribution in [0.1, 0.15) is 27.9 Å². The highest BCUT2D eigenvalue weighted by Crippen LogP contribution is 2.31. The number of nitriles is 1. The highest BCUT2D eigenvalue weighted by Gasteiger charge is 2.21. The van der Waals surface area contributed by atoms with Crippen LogP contribution in [0.15, 0.2) is 30.3 Å².